The van der Waals surface area contributed by atoms with E-state index in [0.717, 1.165) is 6.42 Å². The van der Waals surface area contributed by atoms with E-state index in [2.05, 4.69) is 15.9 Å². The van der Waals surface area contributed by atoms with Gasteiger partial charge < -0.3 is 9.47 Å². The molecule has 0 saturated carbocycles. The van der Waals surface area contributed by atoms with E-state index < -0.39 is 5.97 Å². The molecule has 1 aromatic rings. The van der Waals surface area contributed by atoms with Crippen LogP contribution in [0.5, 0.6) is 5.75 Å². The highest BCUT2D eigenvalue weighted by Crippen LogP contribution is 2.34. The average Bonchev–Trinajstić information content (AvgIpc) is 2.28. The van der Waals surface area contributed by atoms with Crippen LogP contribution in [0.25, 0.3) is 0 Å². The first kappa shape index (κ1) is 14.3. The first-order valence-electron chi connectivity index (χ1n) is 5.39. The molecule has 5 heteroatoms. The molecule has 94 valence electrons. The molecule has 1 rings (SSSR count). The van der Waals surface area contributed by atoms with Gasteiger partial charge in [0.15, 0.2) is 0 Å². The second-order valence-electron chi connectivity index (χ2n) is 3.30. The zero-order valence-corrected chi connectivity index (χ0v) is 12.1. The molecule has 0 fully saturated rings. The number of ether oxygens (including phenoxy) is 2. The van der Waals surface area contributed by atoms with E-state index in [4.69, 9.17) is 21.1 Å². The minimum absolute atomic E-state index is 0.284. The van der Waals surface area contributed by atoms with Crippen LogP contribution in [-0.4, -0.2) is 19.2 Å². The number of carbonyl (C=O) groups is 1. The lowest BCUT2D eigenvalue weighted by Gasteiger charge is -2.11. The first-order valence-corrected chi connectivity index (χ1v) is 6.56. The minimum Gasteiger partial charge on any atom is -0.492 e. The molecule has 0 aliphatic rings. The van der Waals surface area contributed by atoms with E-state index >= 15 is 0 Å². The molecule has 17 heavy (non-hydrogen) atoms. The van der Waals surface area contributed by atoms with Crippen LogP contribution in [0, 0.1) is 0 Å². The third-order valence-electron chi connectivity index (χ3n) is 2.00. The molecule has 0 bridgehead atoms. The van der Waals surface area contributed by atoms with Crippen molar-refractivity contribution in [1.29, 1.82) is 0 Å². The number of benzene rings is 1. The fourth-order valence-corrected chi connectivity index (χ4v) is 2.15. The maximum absolute atomic E-state index is 11.7. The summed E-state index contributed by atoms with van der Waals surface area (Å²) in [6.45, 7) is 4.61. The quantitative estimate of drug-likeness (QED) is 0.767. The standard InChI is InChI=1S/C12H14BrClO3/c1-3-7-17-9-6-5-8(13)10(11(9)14)12(15)16-4-2/h5-6H,3-4,7H2,1-2H3. The van der Waals surface area contributed by atoms with Crippen LogP contribution < -0.4 is 4.74 Å². The first-order chi connectivity index (χ1) is 8.11. The summed E-state index contributed by atoms with van der Waals surface area (Å²) >= 11 is 9.40. The van der Waals surface area contributed by atoms with Crippen LogP contribution in [0.4, 0.5) is 0 Å². The molecular weight excluding hydrogens is 307 g/mol. The normalized spacial score (nSPS) is 10.1. The number of halogens is 2. The van der Waals surface area contributed by atoms with Crippen molar-refractivity contribution in [3.8, 4) is 5.75 Å². The zero-order chi connectivity index (χ0) is 12.8. The Labute approximate surface area is 114 Å². The number of rotatable bonds is 5. The van der Waals surface area contributed by atoms with Gasteiger partial charge in [-0.25, -0.2) is 4.79 Å². The summed E-state index contributed by atoms with van der Waals surface area (Å²) in [5, 5.41) is 0.284. The van der Waals surface area contributed by atoms with Crippen molar-refractivity contribution in [2.75, 3.05) is 13.2 Å². The van der Waals surface area contributed by atoms with Gasteiger partial charge in [-0.05, 0) is 41.4 Å². The second kappa shape index (κ2) is 6.87. The monoisotopic (exact) mass is 320 g/mol. The summed E-state index contributed by atoms with van der Waals surface area (Å²) in [7, 11) is 0. The second-order valence-corrected chi connectivity index (χ2v) is 4.54. The predicted molar refractivity (Wildman–Crippen MR) is 70.9 cm³/mol. The van der Waals surface area contributed by atoms with Crippen molar-refractivity contribution in [1.82, 2.24) is 0 Å². The molecule has 0 aliphatic carbocycles. The van der Waals surface area contributed by atoms with Gasteiger partial charge in [0.25, 0.3) is 0 Å². The Morgan fingerprint density at radius 2 is 2.12 bits per heavy atom. The Balaban J connectivity index is 3.06. The van der Waals surface area contributed by atoms with E-state index in [-0.39, 0.29) is 5.02 Å². The number of esters is 1. The molecule has 0 saturated heterocycles. The van der Waals surface area contributed by atoms with E-state index in [0.29, 0.717) is 29.0 Å². The Hall–Kier alpha value is -0.740. The molecule has 0 aliphatic heterocycles. The summed E-state index contributed by atoms with van der Waals surface area (Å²) in [4.78, 5) is 11.7. The smallest absolute Gasteiger partial charge is 0.340 e. The van der Waals surface area contributed by atoms with Gasteiger partial charge in [-0.15, -0.1) is 0 Å². The van der Waals surface area contributed by atoms with Gasteiger partial charge in [-0.3, -0.25) is 0 Å². The van der Waals surface area contributed by atoms with Gasteiger partial charge in [-0.1, -0.05) is 18.5 Å². The number of hydrogen-bond donors (Lipinski definition) is 0. The summed E-state index contributed by atoms with van der Waals surface area (Å²) in [5.41, 5.74) is 0.308. The molecule has 0 radical (unpaired) electrons. The van der Waals surface area contributed by atoms with Gasteiger partial charge in [0.2, 0.25) is 0 Å². The van der Waals surface area contributed by atoms with E-state index in [1.807, 2.05) is 6.92 Å². The lowest BCUT2D eigenvalue weighted by molar-refractivity contribution is 0.0525. The topological polar surface area (TPSA) is 35.5 Å². The maximum atomic E-state index is 11.7. The van der Waals surface area contributed by atoms with Crippen molar-refractivity contribution < 1.29 is 14.3 Å². The molecule has 1 aromatic carbocycles. The fourth-order valence-electron chi connectivity index (χ4n) is 1.25. The zero-order valence-electron chi connectivity index (χ0n) is 9.76. The molecule has 0 N–H and O–H groups in total. The summed E-state index contributed by atoms with van der Waals surface area (Å²) in [6.07, 6.45) is 0.876. The van der Waals surface area contributed by atoms with Crippen LogP contribution in [-0.2, 0) is 4.74 Å². The lowest BCUT2D eigenvalue weighted by Crippen LogP contribution is -2.07. The van der Waals surface area contributed by atoms with Crippen molar-refractivity contribution >= 4 is 33.5 Å². The number of hydrogen-bond acceptors (Lipinski definition) is 3. The highest BCUT2D eigenvalue weighted by molar-refractivity contribution is 9.10. The van der Waals surface area contributed by atoms with Gasteiger partial charge in [0.05, 0.1) is 23.8 Å². The van der Waals surface area contributed by atoms with Crippen LogP contribution in [0.3, 0.4) is 0 Å². The van der Waals surface area contributed by atoms with Crippen molar-refractivity contribution in [3.05, 3.63) is 27.2 Å². The Morgan fingerprint density at radius 1 is 1.41 bits per heavy atom. The largest absolute Gasteiger partial charge is 0.492 e. The molecule has 0 atom stereocenters. The molecule has 0 spiro atoms. The van der Waals surface area contributed by atoms with Gasteiger partial charge in [0, 0.05) is 4.47 Å². The molecule has 0 heterocycles. The Kier molecular flexibility index (Phi) is 5.78. The third kappa shape index (κ3) is 3.61. The van der Waals surface area contributed by atoms with Gasteiger partial charge in [0.1, 0.15) is 5.75 Å². The van der Waals surface area contributed by atoms with Crippen LogP contribution in [0.15, 0.2) is 16.6 Å². The minimum atomic E-state index is -0.452. The highest BCUT2D eigenvalue weighted by atomic mass is 79.9. The van der Waals surface area contributed by atoms with Crippen molar-refractivity contribution in [3.63, 3.8) is 0 Å². The Morgan fingerprint density at radius 3 is 2.71 bits per heavy atom. The predicted octanol–water partition coefficient (Wildman–Crippen LogP) is 4.07. The Bertz CT molecular complexity index is 407. The highest BCUT2D eigenvalue weighted by Gasteiger charge is 2.19. The van der Waals surface area contributed by atoms with Crippen LogP contribution >= 0.6 is 27.5 Å². The molecule has 0 unspecified atom stereocenters. The van der Waals surface area contributed by atoms with E-state index in [9.17, 15) is 4.79 Å². The summed E-state index contributed by atoms with van der Waals surface area (Å²) in [5.74, 6) is 0.0473. The average molecular weight is 322 g/mol. The third-order valence-corrected chi connectivity index (χ3v) is 3.03. The lowest BCUT2D eigenvalue weighted by atomic mass is 10.2. The maximum Gasteiger partial charge on any atom is 0.340 e. The van der Waals surface area contributed by atoms with Crippen molar-refractivity contribution in [2.24, 2.45) is 0 Å². The summed E-state index contributed by atoms with van der Waals surface area (Å²) in [6, 6.07) is 3.45. The number of carbonyl (C=O) groups excluding carboxylic acids is 1. The summed E-state index contributed by atoms with van der Waals surface area (Å²) < 4.78 is 11.0. The molecular formula is C12H14BrClO3. The molecule has 0 aromatic heterocycles. The fraction of sp³-hybridized carbons (Fsp3) is 0.417. The molecule has 0 amide bonds. The van der Waals surface area contributed by atoms with E-state index in [1.165, 1.54) is 0 Å². The molecule has 3 nitrogen and oxygen atoms in total. The van der Waals surface area contributed by atoms with E-state index in [1.54, 1.807) is 19.1 Å². The van der Waals surface area contributed by atoms with Crippen LogP contribution in [0.1, 0.15) is 30.6 Å². The SMILES string of the molecule is CCCOc1ccc(Br)c(C(=O)OCC)c1Cl. The van der Waals surface area contributed by atoms with Gasteiger partial charge in [-0.2, -0.15) is 0 Å². The van der Waals surface area contributed by atoms with Crippen molar-refractivity contribution in [2.45, 2.75) is 20.3 Å². The van der Waals surface area contributed by atoms with Gasteiger partial charge >= 0.3 is 5.97 Å². The van der Waals surface area contributed by atoms with Crippen LogP contribution in [0.2, 0.25) is 5.02 Å².